The van der Waals surface area contributed by atoms with Crippen LogP contribution in [0, 0.1) is 0 Å². The van der Waals surface area contributed by atoms with Crippen molar-refractivity contribution in [2.24, 2.45) is 0 Å². The van der Waals surface area contributed by atoms with Crippen molar-refractivity contribution in [3.63, 3.8) is 0 Å². The maximum Gasteiger partial charge on any atom is 0.179 e. The van der Waals surface area contributed by atoms with Crippen LogP contribution in [0.5, 0.6) is 0 Å². The summed E-state index contributed by atoms with van der Waals surface area (Å²) < 4.78 is 0.929. The van der Waals surface area contributed by atoms with Gasteiger partial charge in [0.25, 0.3) is 0 Å². The summed E-state index contributed by atoms with van der Waals surface area (Å²) >= 11 is 3.53. The van der Waals surface area contributed by atoms with Gasteiger partial charge in [-0.05, 0) is 52.5 Å². The molecule has 1 aliphatic heterocycles. The second-order valence-corrected chi connectivity index (χ2v) is 6.13. The molecule has 0 aliphatic carbocycles. The lowest BCUT2D eigenvalue weighted by atomic mass is 9.97. The van der Waals surface area contributed by atoms with Crippen molar-refractivity contribution >= 4 is 15.9 Å². The van der Waals surface area contributed by atoms with Crippen LogP contribution in [0.4, 0.5) is 0 Å². The van der Waals surface area contributed by atoms with Gasteiger partial charge < -0.3 is 5.32 Å². The SMILES string of the molecule is CC(C)c1nc(-c2ncccc2Br)nc2c1CCNC2. The highest BCUT2D eigenvalue weighted by atomic mass is 79.9. The van der Waals surface area contributed by atoms with E-state index in [9.17, 15) is 0 Å². The first-order valence-electron chi connectivity index (χ1n) is 6.88. The third-order valence-electron chi connectivity index (χ3n) is 3.49. The molecule has 3 heterocycles. The van der Waals surface area contributed by atoms with Crippen LogP contribution in [0.2, 0.25) is 0 Å². The number of fused-ring (bicyclic) bond motifs is 1. The molecule has 3 rings (SSSR count). The molecule has 104 valence electrons. The molecule has 0 saturated carbocycles. The first-order chi connectivity index (χ1) is 9.66. The summed E-state index contributed by atoms with van der Waals surface area (Å²) in [5.41, 5.74) is 4.39. The summed E-state index contributed by atoms with van der Waals surface area (Å²) in [5, 5.41) is 3.38. The number of nitrogens with one attached hydrogen (secondary N) is 1. The summed E-state index contributed by atoms with van der Waals surface area (Å²) in [6.45, 7) is 6.18. The highest BCUT2D eigenvalue weighted by Gasteiger charge is 2.20. The predicted molar refractivity (Wildman–Crippen MR) is 82.5 cm³/mol. The van der Waals surface area contributed by atoms with Crippen LogP contribution in [0.15, 0.2) is 22.8 Å². The summed E-state index contributed by atoms with van der Waals surface area (Å²) in [6, 6.07) is 3.87. The molecule has 0 atom stereocenters. The molecule has 0 amide bonds. The molecular formula is C15H17BrN4. The Balaban J connectivity index is 2.18. The minimum atomic E-state index is 0.395. The quantitative estimate of drug-likeness (QED) is 0.918. The molecule has 2 aromatic heterocycles. The van der Waals surface area contributed by atoms with Crippen LogP contribution in [0.3, 0.4) is 0 Å². The van der Waals surface area contributed by atoms with Gasteiger partial charge in [0.2, 0.25) is 0 Å². The molecule has 1 N–H and O–H groups in total. The van der Waals surface area contributed by atoms with Crippen molar-refractivity contribution in [2.45, 2.75) is 32.7 Å². The zero-order valence-corrected chi connectivity index (χ0v) is 13.2. The topological polar surface area (TPSA) is 50.7 Å². The van der Waals surface area contributed by atoms with Gasteiger partial charge in [0.15, 0.2) is 5.82 Å². The fraction of sp³-hybridized carbons (Fsp3) is 0.400. The standard InChI is InChI=1S/C15H17BrN4/c1-9(2)13-10-5-7-17-8-12(10)19-15(20-13)14-11(16)4-3-6-18-14/h3-4,6,9,17H,5,7-8H2,1-2H3. The maximum atomic E-state index is 4.79. The van der Waals surface area contributed by atoms with E-state index in [-0.39, 0.29) is 0 Å². The Morgan fingerprint density at radius 1 is 1.30 bits per heavy atom. The van der Waals surface area contributed by atoms with E-state index in [0.29, 0.717) is 11.7 Å². The zero-order valence-electron chi connectivity index (χ0n) is 11.7. The van der Waals surface area contributed by atoms with Gasteiger partial charge in [0.1, 0.15) is 5.69 Å². The van der Waals surface area contributed by atoms with E-state index in [1.54, 1.807) is 6.20 Å². The van der Waals surface area contributed by atoms with E-state index >= 15 is 0 Å². The normalized spacial score (nSPS) is 14.4. The Morgan fingerprint density at radius 3 is 2.90 bits per heavy atom. The first-order valence-corrected chi connectivity index (χ1v) is 7.67. The second-order valence-electron chi connectivity index (χ2n) is 5.27. The Kier molecular flexibility index (Phi) is 3.81. The van der Waals surface area contributed by atoms with E-state index in [1.807, 2.05) is 12.1 Å². The largest absolute Gasteiger partial charge is 0.311 e. The monoisotopic (exact) mass is 332 g/mol. The second kappa shape index (κ2) is 5.58. The third kappa shape index (κ3) is 2.47. The predicted octanol–water partition coefficient (Wildman–Crippen LogP) is 3.07. The number of pyridine rings is 1. The lowest BCUT2D eigenvalue weighted by molar-refractivity contribution is 0.609. The van der Waals surface area contributed by atoms with Crippen LogP contribution in [-0.4, -0.2) is 21.5 Å². The molecule has 20 heavy (non-hydrogen) atoms. The first kappa shape index (κ1) is 13.6. The van der Waals surface area contributed by atoms with Gasteiger partial charge in [-0.3, -0.25) is 4.98 Å². The van der Waals surface area contributed by atoms with E-state index in [0.717, 1.165) is 41.1 Å². The Morgan fingerprint density at radius 2 is 2.15 bits per heavy atom. The van der Waals surface area contributed by atoms with Crippen LogP contribution >= 0.6 is 15.9 Å². The van der Waals surface area contributed by atoms with Crippen molar-refractivity contribution in [3.8, 4) is 11.5 Å². The molecule has 2 aromatic rings. The third-order valence-corrected chi connectivity index (χ3v) is 4.13. The number of aromatic nitrogens is 3. The van der Waals surface area contributed by atoms with Gasteiger partial charge in [0.05, 0.1) is 11.4 Å². The van der Waals surface area contributed by atoms with Crippen LogP contribution < -0.4 is 5.32 Å². The fourth-order valence-corrected chi connectivity index (χ4v) is 2.95. The number of hydrogen-bond acceptors (Lipinski definition) is 4. The van der Waals surface area contributed by atoms with Crippen LogP contribution in [0.1, 0.15) is 36.7 Å². The molecule has 0 bridgehead atoms. The van der Waals surface area contributed by atoms with Gasteiger partial charge in [-0.2, -0.15) is 0 Å². The Hall–Kier alpha value is -1.33. The van der Waals surface area contributed by atoms with Crippen LogP contribution in [0.25, 0.3) is 11.5 Å². The van der Waals surface area contributed by atoms with Crippen molar-refractivity contribution in [3.05, 3.63) is 39.8 Å². The average Bonchev–Trinajstić information content (AvgIpc) is 2.46. The zero-order chi connectivity index (χ0) is 14.1. The van der Waals surface area contributed by atoms with Crippen molar-refractivity contribution < 1.29 is 0 Å². The molecule has 0 spiro atoms. The van der Waals surface area contributed by atoms with Crippen molar-refractivity contribution in [1.82, 2.24) is 20.3 Å². The highest BCUT2D eigenvalue weighted by Crippen LogP contribution is 2.28. The molecular weight excluding hydrogens is 316 g/mol. The van der Waals surface area contributed by atoms with Gasteiger partial charge in [-0.25, -0.2) is 9.97 Å². The molecule has 0 saturated heterocycles. The average molecular weight is 333 g/mol. The molecule has 0 fully saturated rings. The van der Waals surface area contributed by atoms with Gasteiger partial charge >= 0.3 is 0 Å². The Labute approximate surface area is 127 Å². The summed E-state index contributed by atoms with van der Waals surface area (Å²) in [7, 11) is 0. The van der Waals surface area contributed by atoms with Gasteiger partial charge in [-0.15, -0.1) is 0 Å². The number of halogens is 1. The van der Waals surface area contributed by atoms with Crippen molar-refractivity contribution in [1.29, 1.82) is 0 Å². The Bertz CT molecular complexity index is 640. The molecule has 0 radical (unpaired) electrons. The molecule has 1 aliphatic rings. The lowest BCUT2D eigenvalue weighted by Gasteiger charge is -2.21. The minimum Gasteiger partial charge on any atom is -0.311 e. The summed E-state index contributed by atoms with van der Waals surface area (Å²) in [6.07, 6.45) is 2.78. The van der Waals surface area contributed by atoms with E-state index in [2.05, 4.69) is 40.1 Å². The number of nitrogens with zero attached hydrogens (tertiary/aromatic N) is 3. The molecule has 0 unspecified atom stereocenters. The molecule has 5 heteroatoms. The van der Waals surface area contributed by atoms with E-state index in [1.165, 1.54) is 5.56 Å². The molecule has 0 aromatic carbocycles. The van der Waals surface area contributed by atoms with Gasteiger partial charge in [0, 0.05) is 17.2 Å². The summed E-state index contributed by atoms with van der Waals surface area (Å²) in [5.74, 6) is 1.11. The molecule has 4 nitrogen and oxygen atoms in total. The minimum absolute atomic E-state index is 0.395. The van der Waals surface area contributed by atoms with Crippen molar-refractivity contribution in [2.75, 3.05) is 6.54 Å². The maximum absolute atomic E-state index is 4.79. The van der Waals surface area contributed by atoms with E-state index < -0.39 is 0 Å². The lowest BCUT2D eigenvalue weighted by Crippen LogP contribution is -2.27. The number of rotatable bonds is 2. The van der Waals surface area contributed by atoms with E-state index in [4.69, 9.17) is 9.97 Å². The fourth-order valence-electron chi connectivity index (χ4n) is 2.52. The smallest absolute Gasteiger partial charge is 0.179 e. The summed E-state index contributed by atoms with van der Waals surface area (Å²) in [4.78, 5) is 13.9. The highest BCUT2D eigenvalue weighted by molar-refractivity contribution is 9.10. The van der Waals surface area contributed by atoms with Crippen LogP contribution in [-0.2, 0) is 13.0 Å². The number of hydrogen-bond donors (Lipinski definition) is 1. The van der Waals surface area contributed by atoms with Gasteiger partial charge in [-0.1, -0.05) is 13.8 Å².